The molecule has 0 saturated heterocycles. The zero-order chi connectivity index (χ0) is 20.9. The lowest BCUT2D eigenvalue weighted by Gasteiger charge is -2.25. The summed E-state index contributed by atoms with van der Waals surface area (Å²) < 4.78 is 28.4. The monoisotopic (exact) mass is 407 g/mol. The third-order valence-corrected chi connectivity index (χ3v) is 4.83. The summed E-state index contributed by atoms with van der Waals surface area (Å²) in [6.45, 7) is 0.111. The maximum atomic E-state index is 14.2. The maximum Gasteiger partial charge on any atom is 0.257 e. The Morgan fingerprint density at radius 2 is 1.73 bits per heavy atom. The Hall–Kier alpha value is -3.61. The number of rotatable bonds is 6. The Kier molecular flexibility index (Phi) is 5.79. The number of carbonyl (C=O) groups excluding carboxylic acids is 1. The standard InChI is InChI=1S/C23H19F2N3O2/c24-19-9-3-1-7-16(19)14-28(23(29)18-8-2-4-10-20(18)25)15-17-13-22(27-30-17)21-11-5-6-12-26-21/h1-12,17H,13-15H2/t17-/m1/s1. The fourth-order valence-corrected chi connectivity index (χ4v) is 3.31. The number of oxime groups is 1. The summed E-state index contributed by atoms with van der Waals surface area (Å²) in [5.41, 5.74) is 1.63. The predicted molar refractivity (Wildman–Crippen MR) is 108 cm³/mol. The molecule has 0 radical (unpaired) electrons. The molecule has 0 saturated carbocycles. The Morgan fingerprint density at radius 1 is 1.00 bits per heavy atom. The second kappa shape index (κ2) is 8.82. The van der Waals surface area contributed by atoms with Gasteiger partial charge in [0, 0.05) is 24.7 Å². The van der Waals surface area contributed by atoms with Gasteiger partial charge in [0.05, 0.1) is 17.8 Å². The quantitative estimate of drug-likeness (QED) is 0.616. The van der Waals surface area contributed by atoms with E-state index >= 15 is 0 Å². The number of hydrogen-bond donors (Lipinski definition) is 0. The Morgan fingerprint density at radius 3 is 2.47 bits per heavy atom. The second-order valence-electron chi connectivity index (χ2n) is 6.94. The zero-order valence-electron chi connectivity index (χ0n) is 16.0. The van der Waals surface area contributed by atoms with E-state index in [4.69, 9.17) is 4.84 Å². The van der Waals surface area contributed by atoms with Crippen LogP contribution in [-0.4, -0.2) is 34.2 Å². The molecule has 4 rings (SSSR count). The summed E-state index contributed by atoms with van der Waals surface area (Å²) in [4.78, 5) is 24.2. The minimum atomic E-state index is -0.626. The molecule has 0 aliphatic carbocycles. The molecule has 2 aromatic carbocycles. The first-order valence-electron chi connectivity index (χ1n) is 9.53. The summed E-state index contributed by atoms with van der Waals surface area (Å²) in [5.74, 6) is -1.59. The third kappa shape index (κ3) is 4.35. The van der Waals surface area contributed by atoms with Gasteiger partial charge < -0.3 is 9.74 Å². The number of halogens is 2. The molecule has 1 aromatic heterocycles. The van der Waals surface area contributed by atoms with Crippen LogP contribution in [0.15, 0.2) is 78.1 Å². The summed E-state index contributed by atoms with van der Waals surface area (Å²) in [5, 5.41) is 4.08. The molecule has 2 heterocycles. The second-order valence-corrected chi connectivity index (χ2v) is 6.94. The summed E-state index contributed by atoms with van der Waals surface area (Å²) >= 11 is 0. The number of carbonyl (C=O) groups is 1. The van der Waals surface area contributed by atoms with Crippen LogP contribution in [0.2, 0.25) is 0 Å². The van der Waals surface area contributed by atoms with E-state index in [1.165, 1.54) is 29.2 Å². The molecule has 1 aliphatic rings. The number of aromatic nitrogens is 1. The Labute approximate surface area is 172 Å². The summed E-state index contributed by atoms with van der Waals surface area (Å²) in [7, 11) is 0. The maximum absolute atomic E-state index is 14.2. The van der Waals surface area contributed by atoms with Crippen molar-refractivity contribution in [2.45, 2.75) is 19.1 Å². The van der Waals surface area contributed by atoms with Gasteiger partial charge in [-0.25, -0.2) is 8.78 Å². The van der Waals surface area contributed by atoms with Crippen LogP contribution in [0.1, 0.15) is 28.0 Å². The average molecular weight is 407 g/mol. The zero-order valence-corrected chi connectivity index (χ0v) is 16.0. The van der Waals surface area contributed by atoms with Crippen molar-refractivity contribution in [3.63, 3.8) is 0 Å². The first kappa shape index (κ1) is 19.7. The van der Waals surface area contributed by atoms with E-state index in [2.05, 4.69) is 10.1 Å². The number of pyridine rings is 1. The highest BCUT2D eigenvalue weighted by molar-refractivity contribution is 5.99. The van der Waals surface area contributed by atoms with E-state index in [0.717, 1.165) is 0 Å². The van der Waals surface area contributed by atoms with Crippen LogP contribution in [0, 0.1) is 11.6 Å². The highest BCUT2D eigenvalue weighted by Gasteiger charge is 2.29. The van der Waals surface area contributed by atoms with Crippen molar-refractivity contribution in [1.29, 1.82) is 0 Å². The topological polar surface area (TPSA) is 54.8 Å². The molecule has 5 nitrogen and oxygen atoms in total. The number of hydrogen-bond acceptors (Lipinski definition) is 4. The van der Waals surface area contributed by atoms with Crippen LogP contribution < -0.4 is 0 Å². The molecule has 0 bridgehead atoms. The highest BCUT2D eigenvalue weighted by Crippen LogP contribution is 2.20. The van der Waals surface area contributed by atoms with Gasteiger partial charge in [0.15, 0.2) is 6.10 Å². The van der Waals surface area contributed by atoms with Gasteiger partial charge in [-0.1, -0.05) is 41.6 Å². The largest absolute Gasteiger partial charge is 0.390 e. The van der Waals surface area contributed by atoms with Crippen LogP contribution in [0.4, 0.5) is 8.78 Å². The van der Waals surface area contributed by atoms with Crippen molar-refractivity contribution in [2.24, 2.45) is 5.16 Å². The Bertz CT molecular complexity index is 1070. The lowest BCUT2D eigenvalue weighted by Crippen LogP contribution is -2.38. The van der Waals surface area contributed by atoms with Crippen LogP contribution in [0.5, 0.6) is 0 Å². The minimum absolute atomic E-state index is 0.0153. The lowest BCUT2D eigenvalue weighted by atomic mass is 10.1. The van der Waals surface area contributed by atoms with E-state index in [1.54, 1.807) is 36.5 Å². The molecule has 0 N–H and O–H groups in total. The molecule has 0 spiro atoms. The van der Waals surface area contributed by atoms with Gasteiger partial charge in [0.1, 0.15) is 17.3 Å². The van der Waals surface area contributed by atoms with Crippen LogP contribution in [-0.2, 0) is 11.4 Å². The molecule has 3 aromatic rings. The molecular weight excluding hydrogens is 388 g/mol. The fourth-order valence-electron chi connectivity index (χ4n) is 3.31. The van der Waals surface area contributed by atoms with Crippen molar-refractivity contribution in [3.8, 4) is 0 Å². The van der Waals surface area contributed by atoms with Crippen LogP contribution >= 0.6 is 0 Å². The van der Waals surface area contributed by atoms with E-state index in [0.29, 0.717) is 23.4 Å². The van der Waals surface area contributed by atoms with Gasteiger partial charge in [0.2, 0.25) is 0 Å². The first-order chi connectivity index (χ1) is 14.6. The van der Waals surface area contributed by atoms with Crippen molar-refractivity contribution in [1.82, 2.24) is 9.88 Å². The number of benzene rings is 2. The van der Waals surface area contributed by atoms with Gasteiger partial charge in [-0.15, -0.1) is 0 Å². The van der Waals surface area contributed by atoms with Gasteiger partial charge >= 0.3 is 0 Å². The van der Waals surface area contributed by atoms with Crippen molar-refractivity contribution in [2.75, 3.05) is 6.54 Å². The van der Waals surface area contributed by atoms with Crippen LogP contribution in [0.3, 0.4) is 0 Å². The molecule has 0 fully saturated rings. The highest BCUT2D eigenvalue weighted by atomic mass is 19.1. The lowest BCUT2D eigenvalue weighted by molar-refractivity contribution is 0.0400. The molecule has 152 valence electrons. The first-order valence-corrected chi connectivity index (χ1v) is 9.53. The van der Waals surface area contributed by atoms with Gasteiger partial charge in [0.25, 0.3) is 5.91 Å². The van der Waals surface area contributed by atoms with Crippen LogP contribution in [0.25, 0.3) is 0 Å². The predicted octanol–water partition coefficient (Wildman–Crippen LogP) is 4.20. The van der Waals surface area contributed by atoms with E-state index in [9.17, 15) is 13.6 Å². The number of amides is 1. The molecule has 0 unspecified atom stereocenters. The van der Waals surface area contributed by atoms with E-state index < -0.39 is 23.6 Å². The van der Waals surface area contributed by atoms with Crippen molar-refractivity contribution < 1.29 is 18.4 Å². The Balaban J connectivity index is 1.54. The summed E-state index contributed by atoms with van der Waals surface area (Å²) in [6.07, 6.45) is 1.66. The molecule has 30 heavy (non-hydrogen) atoms. The molecular formula is C23H19F2N3O2. The smallest absolute Gasteiger partial charge is 0.257 e. The molecule has 1 aliphatic heterocycles. The normalized spacial score (nSPS) is 15.4. The molecule has 1 atom stereocenters. The van der Waals surface area contributed by atoms with Crippen molar-refractivity contribution >= 4 is 11.6 Å². The minimum Gasteiger partial charge on any atom is -0.390 e. The fraction of sp³-hybridized carbons (Fsp3) is 0.174. The third-order valence-electron chi connectivity index (χ3n) is 4.83. The van der Waals surface area contributed by atoms with Crippen molar-refractivity contribution in [3.05, 3.63) is 101 Å². The van der Waals surface area contributed by atoms with E-state index in [1.807, 2.05) is 12.1 Å². The summed E-state index contributed by atoms with van der Waals surface area (Å²) in [6, 6.07) is 17.4. The van der Waals surface area contributed by atoms with Gasteiger partial charge in [-0.2, -0.15) is 0 Å². The molecule has 7 heteroatoms. The van der Waals surface area contributed by atoms with Gasteiger partial charge in [-0.3, -0.25) is 9.78 Å². The number of nitrogens with zero attached hydrogens (tertiary/aromatic N) is 3. The van der Waals surface area contributed by atoms with Gasteiger partial charge in [-0.05, 0) is 30.3 Å². The average Bonchev–Trinajstić information content (AvgIpc) is 3.24. The SMILES string of the molecule is O=C(c1ccccc1F)N(Cc1ccccc1F)C[C@H]1CC(c2ccccn2)=NO1. The molecule has 1 amide bonds. The van der Waals surface area contributed by atoms with E-state index in [-0.39, 0.29) is 18.7 Å².